The molecule has 24 heavy (non-hydrogen) atoms. The summed E-state index contributed by atoms with van der Waals surface area (Å²) in [6, 6.07) is 1.66. The summed E-state index contributed by atoms with van der Waals surface area (Å²) in [6.07, 6.45) is 3.20. The van der Waals surface area contributed by atoms with E-state index in [1.807, 2.05) is 13.8 Å². The Morgan fingerprint density at radius 2 is 2.08 bits per heavy atom. The Bertz CT molecular complexity index is 510. The molecule has 134 valence electrons. The van der Waals surface area contributed by atoms with Gasteiger partial charge in [-0.1, -0.05) is 0 Å². The van der Waals surface area contributed by atoms with Crippen molar-refractivity contribution in [2.75, 3.05) is 45.9 Å². The van der Waals surface area contributed by atoms with Crippen LogP contribution in [0.4, 0.5) is 0 Å². The van der Waals surface area contributed by atoms with E-state index in [2.05, 4.69) is 10.2 Å². The van der Waals surface area contributed by atoms with E-state index in [1.54, 1.807) is 11.0 Å². The van der Waals surface area contributed by atoms with Gasteiger partial charge >= 0.3 is 0 Å². The number of rotatable bonds is 8. The van der Waals surface area contributed by atoms with Crippen molar-refractivity contribution in [2.45, 2.75) is 26.3 Å². The third kappa shape index (κ3) is 5.65. The van der Waals surface area contributed by atoms with Crippen molar-refractivity contribution >= 4 is 11.8 Å². The van der Waals surface area contributed by atoms with Crippen LogP contribution in [-0.4, -0.2) is 73.6 Å². The van der Waals surface area contributed by atoms with Gasteiger partial charge in [0.1, 0.15) is 6.26 Å². The lowest BCUT2D eigenvalue weighted by Gasteiger charge is -2.27. The van der Waals surface area contributed by atoms with Crippen molar-refractivity contribution in [3.63, 3.8) is 0 Å². The molecule has 7 nitrogen and oxygen atoms in total. The van der Waals surface area contributed by atoms with Crippen molar-refractivity contribution in [3.8, 4) is 0 Å². The van der Waals surface area contributed by atoms with Crippen molar-refractivity contribution in [1.29, 1.82) is 0 Å². The largest absolute Gasteiger partial charge is 0.472 e. The summed E-state index contributed by atoms with van der Waals surface area (Å²) in [4.78, 5) is 28.4. The molecule has 0 aromatic carbocycles. The first-order valence-corrected chi connectivity index (χ1v) is 8.48. The number of amides is 2. The Balaban J connectivity index is 1.71. The van der Waals surface area contributed by atoms with Crippen LogP contribution in [-0.2, 0) is 9.53 Å². The SMILES string of the molecule is CC(C)N(CCC(=O)NCCN1CCOCC1)C(=O)c1ccoc1. The summed E-state index contributed by atoms with van der Waals surface area (Å²) in [5.74, 6) is -0.145. The predicted molar refractivity (Wildman–Crippen MR) is 89.8 cm³/mol. The molecular weight excluding hydrogens is 310 g/mol. The molecule has 1 aromatic heterocycles. The number of hydrogen-bond donors (Lipinski definition) is 1. The van der Waals surface area contributed by atoms with E-state index in [-0.39, 0.29) is 17.9 Å². The summed E-state index contributed by atoms with van der Waals surface area (Å²) in [5.41, 5.74) is 0.511. The molecule has 0 bridgehead atoms. The first-order valence-electron chi connectivity index (χ1n) is 8.48. The second-order valence-electron chi connectivity index (χ2n) is 6.16. The molecule has 2 amide bonds. The van der Waals surface area contributed by atoms with Crippen LogP contribution in [0.1, 0.15) is 30.6 Å². The first kappa shape index (κ1) is 18.5. The molecule has 1 N–H and O–H groups in total. The zero-order chi connectivity index (χ0) is 17.4. The number of nitrogens with one attached hydrogen (secondary N) is 1. The number of carbonyl (C=O) groups excluding carboxylic acids is 2. The number of furan rings is 1. The highest BCUT2D eigenvalue weighted by molar-refractivity contribution is 5.94. The maximum atomic E-state index is 12.4. The Morgan fingerprint density at radius 3 is 2.71 bits per heavy atom. The fraction of sp³-hybridized carbons (Fsp3) is 0.647. The van der Waals surface area contributed by atoms with Gasteiger partial charge in [-0.3, -0.25) is 14.5 Å². The number of nitrogens with zero attached hydrogens (tertiary/aromatic N) is 2. The quantitative estimate of drug-likeness (QED) is 0.765. The van der Waals surface area contributed by atoms with Crippen LogP contribution in [0.2, 0.25) is 0 Å². The monoisotopic (exact) mass is 337 g/mol. The summed E-state index contributed by atoms with van der Waals surface area (Å²) in [5, 5.41) is 2.92. The van der Waals surface area contributed by atoms with Gasteiger partial charge in [-0.15, -0.1) is 0 Å². The second kappa shape index (κ2) is 9.44. The van der Waals surface area contributed by atoms with Gasteiger partial charge in [-0.25, -0.2) is 0 Å². The molecule has 0 atom stereocenters. The number of carbonyl (C=O) groups is 2. The van der Waals surface area contributed by atoms with E-state index in [9.17, 15) is 9.59 Å². The van der Waals surface area contributed by atoms with Gasteiger partial charge < -0.3 is 19.4 Å². The normalized spacial score (nSPS) is 15.5. The highest BCUT2D eigenvalue weighted by Crippen LogP contribution is 2.09. The van der Waals surface area contributed by atoms with Crippen molar-refractivity contribution < 1.29 is 18.7 Å². The smallest absolute Gasteiger partial charge is 0.257 e. The number of ether oxygens (including phenoxy) is 1. The van der Waals surface area contributed by atoms with Crippen LogP contribution in [0.5, 0.6) is 0 Å². The lowest BCUT2D eigenvalue weighted by atomic mass is 10.2. The van der Waals surface area contributed by atoms with Crippen LogP contribution in [0.15, 0.2) is 23.0 Å². The average molecular weight is 337 g/mol. The van der Waals surface area contributed by atoms with Gasteiger partial charge in [0, 0.05) is 45.2 Å². The Morgan fingerprint density at radius 1 is 1.33 bits per heavy atom. The Kier molecular flexibility index (Phi) is 7.27. The molecule has 0 saturated carbocycles. The van der Waals surface area contributed by atoms with E-state index < -0.39 is 0 Å². The molecule has 1 aliphatic rings. The zero-order valence-corrected chi connectivity index (χ0v) is 14.5. The lowest BCUT2D eigenvalue weighted by molar-refractivity contribution is -0.121. The molecule has 0 aliphatic carbocycles. The highest BCUT2D eigenvalue weighted by atomic mass is 16.5. The minimum atomic E-state index is -0.111. The van der Waals surface area contributed by atoms with Crippen molar-refractivity contribution in [2.24, 2.45) is 0 Å². The van der Waals surface area contributed by atoms with Gasteiger partial charge in [0.15, 0.2) is 0 Å². The molecule has 1 fully saturated rings. The molecule has 0 unspecified atom stereocenters. The zero-order valence-electron chi connectivity index (χ0n) is 14.5. The van der Waals surface area contributed by atoms with E-state index in [0.29, 0.717) is 25.1 Å². The molecule has 0 spiro atoms. The van der Waals surface area contributed by atoms with E-state index in [4.69, 9.17) is 9.15 Å². The molecule has 1 saturated heterocycles. The van der Waals surface area contributed by atoms with Crippen LogP contribution in [0, 0.1) is 0 Å². The van der Waals surface area contributed by atoms with Crippen molar-refractivity contribution in [1.82, 2.24) is 15.1 Å². The first-order chi connectivity index (χ1) is 11.6. The van der Waals surface area contributed by atoms with Gasteiger partial charge in [0.25, 0.3) is 5.91 Å². The molecule has 2 heterocycles. The number of morpholine rings is 1. The summed E-state index contributed by atoms with van der Waals surface area (Å²) in [6.45, 7) is 9.06. The van der Waals surface area contributed by atoms with Gasteiger partial charge in [-0.2, -0.15) is 0 Å². The van der Waals surface area contributed by atoms with Gasteiger partial charge in [0.2, 0.25) is 5.91 Å². The molecular formula is C17H27N3O4. The third-order valence-corrected chi connectivity index (χ3v) is 4.09. The molecule has 2 rings (SSSR count). The van der Waals surface area contributed by atoms with Crippen LogP contribution < -0.4 is 5.32 Å². The molecule has 7 heteroatoms. The second-order valence-corrected chi connectivity index (χ2v) is 6.16. The number of hydrogen-bond acceptors (Lipinski definition) is 5. The lowest BCUT2D eigenvalue weighted by Crippen LogP contribution is -2.42. The van der Waals surface area contributed by atoms with E-state index in [0.717, 1.165) is 32.8 Å². The van der Waals surface area contributed by atoms with E-state index >= 15 is 0 Å². The summed E-state index contributed by atoms with van der Waals surface area (Å²) in [7, 11) is 0. The topological polar surface area (TPSA) is 75.0 Å². The maximum absolute atomic E-state index is 12.4. The minimum Gasteiger partial charge on any atom is -0.472 e. The van der Waals surface area contributed by atoms with Crippen LogP contribution in [0.25, 0.3) is 0 Å². The Hall–Kier alpha value is -1.86. The molecule has 0 radical (unpaired) electrons. The van der Waals surface area contributed by atoms with E-state index in [1.165, 1.54) is 12.5 Å². The Labute approximate surface area is 142 Å². The minimum absolute atomic E-state index is 0.0218. The fourth-order valence-electron chi connectivity index (χ4n) is 2.63. The standard InChI is InChI=1S/C17H27N3O4/c1-14(2)20(17(22)15-4-10-24-13-15)6-3-16(21)18-5-7-19-8-11-23-12-9-19/h4,10,13-14H,3,5-9,11-12H2,1-2H3,(H,18,21). The maximum Gasteiger partial charge on any atom is 0.257 e. The molecule has 1 aliphatic heterocycles. The van der Waals surface area contributed by atoms with Crippen molar-refractivity contribution in [3.05, 3.63) is 24.2 Å². The summed E-state index contributed by atoms with van der Waals surface area (Å²) < 4.78 is 10.3. The van der Waals surface area contributed by atoms with Gasteiger partial charge in [-0.05, 0) is 19.9 Å². The summed E-state index contributed by atoms with van der Waals surface area (Å²) >= 11 is 0. The van der Waals surface area contributed by atoms with Crippen LogP contribution in [0.3, 0.4) is 0 Å². The predicted octanol–water partition coefficient (Wildman–Crippen LogP) is 0.969. The fourth-order valence-corrected chi connectivity index (χ4v) is 2.63. The average Bonchev–Trinajstić information content (AvgIpc) is 3.10. The third-order valence-electron chi connectivity index (χ3n) is 4.09. The highest BCUT2D eigenvalue weighted by Gasteiger charge is 2.20. The molecule has 1 aromatic rings. The van der Waals surface area contributed by atoms with Crippen LogP contribution >= 0.6 is 0 Å². The van der Waals surface area contributed by atoms with Gasteiger partial charge in [0.05, 0.1) is 25.0 Å².